The fraction of sp³-hybridized carbons (Fsp3) is 0.182. The van der Waals surface area contributed by atoms with E-state index in [0.29, 0.717) is 18.0 Å². The van der Waals surface area contributed by atoms with Crippen LogP contribution in [0.4, 0.5) is 13.2 Å². The molecule has 90 valence electrons. The number of imidazole rings is 1. The van der Waals surface area contributed by atoms with Crippen molar-refractivity contribution >= 4 is 0 Å². The molecule has 1 aromatic heterocycles. The Morgan fingerprint density at radius 1 is 1.24 bits per heavy atom. The summed E-state index contributed by atoms with van der Waals surface area (Å²) in [5, 5.41) is 0. The van der Waals surface area contributed by atoms with Gasteiger partial charge in [0.1, 0.15) is 23.3 Å². The Balaban J connectivity index is 2.51. The van der Waals surface area contributed by atoms with E-state index in [1.165, 1.54) is 6.20 Å². The van der Waals surface area contributed by atoms with Crippen molar-refractivity contribution in [1.82, 2.24) is 9.55 Å². The third-order valence-corrected chi connectivity index (χ3v) is 2.49. The van der Waals surface area contributed by atoms with E-state index in [1.807, 2.05) is 0 Å². The molecule has 0 radical (unpaired) electrons. The number of aromatic nitrogens is 2. The van der Waals surface area contributed by atoms with Gasteiger partial charge in [-0.3, -0.25) is 0 Å². The Labute approximate surface area is 95.7 Å². The Kier molecular flexibility index (Phi) is 2.89. The molecule has 0 spiro atoms. The van der Waals surface area contributed by atoms with Crippen molar-refractivity contribution < 1.29 is 13.2 Å². The topological polar surface area (TPSA) is 43.8 Å². The maximum atomic E-state index is 13.5. The van der Waals surface area contributed by atoms with Gasteiger partial charge in [-0.1, -0.05) is 0 Å². The minimum Gasteiger partial charge on any atom is -0.336 e. The van der Waals surface area contributed by atoms with Gasteiger partial charge in [0, 0.05) is 37.1 Å². The summed E-state index contributed by atoms with van der Waals surface area (Å²) in [4.78, 5) is 3.91. The maximum absolute atomic E-state index is 13.5. The van der Waals surface area contributed by atoms with Crippen molar-refractivity contribution in [2.45, 2.75) is 6.04 Å². The van der Waals surface area contributed by atoms with Crippen LogP contribution in [-0.4, -0.2) is 9.55 Å². The summed E-state index contributed by atoms with van der Waals surface area (Å²) in [5.74, 6) is -2.71. The van der Waals surface area contributed by atoms with Crippen molar-refractivity contribution in [1.29, 1.82) is 0 Å². The van der Waals surface area contributed by atoms with E-state index in [9.17, 15) is 13.2 Å². The van der Waals surface area contributed by atoms with E-state index in [2.05, 4.69) is 4.98 Å². The molecule has 0 fully saturated rings. The minimum atomic E-state index is -1.07. The van der Waals surface area contributed by atoms with Gasteiger partial charge in [-0.15, -0.1) is 0 Å². The quantitative estimate of drug-likeness (QED) is 0.872. The second kappa shape index (κ2) is 4.21. The first-order chi connectivity index (χ1) is 8.00. The molecule has 2 aromatic rings. The molecule has 6 heteroatoms. The van der Waals surface area contributed by atoms with E-state index in [0.717, 1.165) is 0 Å². The van der Waals surface area contributed by atoms with Crippen molar-refractivity contribution in [2.75, 3.05) is 0 Å². The molecule has 2 N–H and O–H groups in total. The van der Waals surface area contributed by atoms with E-state index in [1.54, 1.807) is 17.8 Å². The van der Waals surface area contributed by atoms with E-state index < -0.39 is 23.5 Å². The molecule has 0 saturated heterocycles. The number of aryl methyl sites for hydroxylation is 1. The van der Waals surface area contributed by atoms with Crippen LogP contribution in [0.3, 0.4) is 0 Å². The van der Waals surface area contributed by atoms with Gasteiger partial charge in [0.25, 0.3) is 0 Å². The van der Waals surface area contributed by atoms with Gasteiger partial charge >= 0.3 is 0 Å². The number of nitrogens with two attached hydrogens (primary N) is 1. The summed E-state index contributed by atoms with van der Waals surface area (Å²) in [6, 6.07) is 0.123. The smallest absolute Gasteiger partial charge is 0.134 e. The molecule has 3 nitrogen and oxygen atoms in total. The summed E-state index contributed by atoms with van der Waals surface area (Å²) in [5.41, 5.74) is 5.34. The van der Waals surface area contributed by atoms with Crippen LogP contribution in [0, 0.1) is 17.5 Å². The zero-order valence-electron chi connectivity index (χ0n) is 8.99. The zero-order chi connectivity index (χ0) is 12.6. The lowest BCUT2D eigenvalue weighted by Gasteiger charge is -2.13. The highest BCUT2D eigenvalue weighted by molar-refractivity contribution is 5.28. The molecule has 0 aliphatic heterocycles. The highest BCUT2D eigenvalue weighted by Crippen LogP contribution is 2.24. The molecule has 0 bridgehead atoms. The van der Waals surface area contributed by atoms with Crippen molar-refractivity contribution in [2.24, 2.45) is 12.8 Å². The average molecular weight is 241 g/mol. The van der Waals surface area contributed by atoms with E-state index in [4.69, 9.17) is 5.73 Å². The van der Waals surface area contributed by atoms with Gasteiger partial charge < -0.3 is 10.3 Å². The van der Waals surface area contributed by atoms with Gasteiger partial charge in [0.2, 0.25) is 0 Å². The first kappa shape index (κ1) is 11.7. The van der Waals surface area contributed by atoms with Gasteiger partial charge in [-0.2, -0.15) is 0 Å². The van der Waals surface area contributed by atoms with Crippen LogP contribution < -0.4 is 5.73 Å². The molecular formula is C11H10F3N3. The van der Waals surface area contributed by atoms with Crippen molar-refractivity contribution in [3.8, 4) is 0 Å². The molecule has 0 aliphatic rings. The van der Waals surface area contributed by atoms with Gasteiger partial charge in [-0.25, -0.2) is 18.2 Å². The van der Waals surface area contributed by atoms with Gasteiger partial charge in [-0.05, 0) is 0 Å². The lowest BCUT2D eigenvalue weighted by molar-refractivity contribution is 0.508. The molecule has 1 atom stereocenters. The monoisotopic (exact) mass is 241 g/mol. The molecule has 0 saturated carbocycles. The lowest BCUT2D eigenvalue weighted by atomic mass is 10.1. The third-order valence-electron chi connectivity index (χ3n) is 2.49. The molecule has 2 rings (SSSR count). The van der Waals surface area contributed by atoms with Crippen LogP contribution in [0.5, 0.6) is 0 Å². The Morgan fingerprint density at radius 2 is 1.82 bits per heavy atom. The standard InChI is InChI=1S/C11H10F3N3/c1-17-3-2-16-11(17)10(15)9-7(13)4-6(12)5-8(9)14/h2-5,10H,15H2,1H3. The summed E-state index contributed by atoms with van der Waals surface area (Å²) in [6.45, 7) is 0. The fourth-order valence-electron chi connectivity index (χ4n) is 1.66. The highest BCUT2D eigenvalue weighted by Gasteiger charge is 2.22. The van der Waals surface area contributed by atoms with Gasteiger partial charge in [0.05, 0.1) is 6.04 Å². The second-order valence-corrected chi connectivity index (χ2v) is 3.66. The Bertz CT molecular complexity index is 528. The van der Waals surface area contributed by atoms with E-state index in [-0.39, 0.29) is 5.56 Å². The van der Waals surface area contributed by atoms with Crippen molar-refractivity contribution in [3.63, 3.8) is 0 Å². The predicted molar refractivity (Wildman–Crippen MR) is 55.6 cm³/mol. The van der Waals surface area contributed by atoms with Crippen LogP contribution in [-0.2, 0) is 7.05 Å². The number of benzene rings is 1. The van der Waals surface area contributed by atoms with Crippen LogP contribution in [0.2, 0.25) is 0 Å². The number of rotatable bonds is 2. The molecule has 0 amide bonds. The Hall–Kier alpha value is -1.82. The summed E-state index contributed by atoms with van der Waals surface area (Å²) < 4.78 is 41.3. The highest BCUT2D eigenvalue weighted by atomic mass is 19.1. The normalized spacial score (nSPS) is 12.8. The van der Waals surface area contributed by atoms with Crippen molar-refractivity contribution in [3.05, 3.63) is 53.4 Å². The SMILES string of the molecule is Cn1ccnc1C(N)c1c(F)cc(F)cc1F. The number of hydrogen-bond donors (Lipinski definition) is 1. The predicted octanol–water partition coefficient (Wildman–Crippen LogP) is 1.89. The fourth-order valence-corrected chi connectivity index (χ4v) is 1.66. The molecule has 1 heterocycles. The van der Waals surface area contributed by atoms with Crippen LogP contribution in [0.1, 0.15) is 17.4 Å². The maximum Gasteiger partial charge on any atom is 0.134 e. The summed E-state index contributed by atoms with van der Waals surface area (Å²) in [7, 11) is 1.65. The number of nitrogens with zero attached hydrogens (tertiary/aromatic N) is 2. The lowest BCUT2D eigenvalue weighted by Crippen LogP contribution is -2.19. The van der Waals surface area contributed by atoms with Crippen LogP contribution >= 0.6 is 0 Å². The largest absolute Gasteiger partial charge is 0.336 e. The van der Waals surface area contributed by atoms with Gasteiger partial charge in [0.15, 0.2) is 0 Å². The molecule has 17 heavy (non-hydrogen) atoms. The average Bonchev–Trinajstić information content (AvgIpc) is 2.62. The Morgan fingerprint density at radius 3 is 2.29 bits per heavy atom. The molecule has 0 aliphatic carbocycles. The van der Waals surface area contributed by atoms with Crippen LogP contribution in [0.15, 0.2) is 24.5 Å². The summed E-state index contributed by atoms with van der Waals surface area (Å²) in [6.07, 6.45) is 3.07. The second-order valence-electron chi connectivity index (χ2n) is 3.66. The minimum absolute atomic E-state index is 0.300. The first-order valence-corrected chi connectivity index (χ1v) is 4.88. The third kappa shape index (κ3) is 2.03. The molecule has 1 aromatic carbocycles. The van der Waals surface area contributed by atoms with E-state index >= 15 is 0 Å². The zero-order valence-corrected chi connectivity index (χ0v) is 8.99. The van der Waals surface area contributed by atoms with Crippen LogP contribution in [0.25, 0.3) is 0 Å². The summed E-state index contributed by atoms with van der Waals surface area (Å²) >= 11 is 0. The molecule has 1 unspecified atom stereocenters. The number of halogens is 3. The molecular weight excluding hydrogens is 231 g/mol. The number of hydrogen-bond acceptors (Lipinski definition) is 2. The first-order valence-electron chi connectivity index (χ1n) is 4.88.